The number of carboxylic acid groups (broad SMARTS) is 1. The van der Waals surface area contributed by atoms with Gasteiger partial charge in [0.15, 0.2) is 6.04 Å². The van der Waals surface area contributed by atoms with Crippen LogP contribution in [0.4, 0.5) is 0 Å². The van der Waals surface area contributed by atoms with E-state index in [-0.39, 0.29) is 58.2 Å². The van der Waals surface area contributed by atoms with Crippen LogP contribution in [0.2, 0.25) is 0 Å². The Kier molecular flexibility index (Phi) is 22.1. The molecule has 2 rings (SSSR count). The van der Waals surface area contributed by atoms with Crippen LogP contribution < -0.4 is 38.2 Å². The number of hydroxylamine groups is 6. The molecule has 2 heterocycles. The van der Waals surface area contributed by atoms with E-state index >= 15 is 0 Å². The van der Waals surface area contributed by atoms with Crippen molar-refractivity contribution in [2.24, 2.45) is 12.8 Å². The number of carbonyl (C=O) groups excluding carboxylic acids is 7. The molecule has 0 saturated carbocycles. The van der Waals surface area contributed by atoms with Crippen molar-refractivity contribution in [1.29, 1.82) is 0 Å². The summed E-state index contributed by atoms with van der Waals surface area (Å²) in [5.74, 6) is -8.65. The van der Waals surface area contributed by atoms with Gasteiger partial charge in [0.1, 0.15) is 29.6 Å². The topological polar surface area (TPSA) is 426 Å². The highest BCUT2D eigenvalue weighted by Gasteiger charge is 2.50. The summed E-state index contributed by atoms with van der Waals surface area (Å²) in [7, 11) is 1.14. The normalized spacial score (nSPS) is 19.6. The number of nitrogens with one attached hydrogen (secondary N) is 4. The van der Waals surface area contributed by atoms with Crippen molar-refractivity contribution in [3.63, 3.8) is 0 Å². The van der Waals surface area contributed by atoms with Gasteiger partial charge in [-0.3, -0.25) is 63.1 Å². The first-order chi connectivity index (χ1) is 30.3. The van der Waals surface area contributed by atoms with Crippen LogP contribution in [0.25, 0.3) is 0 Å². The number of rotatable bonds is 25. The van der Waals surface area contributed by atoms with Crippen molar-refractivity contribution in [3.8, 4) is 0 Å². The molecule has 10 atom stereocenters. The number of aliphatic hydroxyl groups excluding tert-OH is 4. The quantitative estimate of drug-likeness (QED) is 0.0320. The molecule has 1 aliphatic rings. The number of aliphatic hydroxyl groups is 4. The fourth-order valence-corrected chi connectivity index (χ4v) is 7.80. The molecule has 7 amide bonds. The molecule has 0 unspecified atom stereocenters. The number of thioether (sulfide) groups is 1. The minimum Gasteiger partial charge on any atom is -0.480 e. The minimum atomic E-state index is -2.29. The average molecular weight is 951 g/mol. The molecule has 65 heavy (non-hydrogen) atoms. The smallest absolute Gasteiger partial charge is 0.331 e. The van der Waals surface area contributed by atoms with Crippen LogP contribution >= 0.6 is 11.8 Å². The molecule has 0 bridgehead atoms. The highest BCUT2D eigenvalue weighted by molar-refractivity contribution is 8.00. The largest absolute Gasteiger partial charge is 0.480 e. The number of hydrogen-bond donors (Lipinski definition) is 13. The minimum absolute atomic E-state index is 0.0572. The monoisotopic (exact) mass is 950 g/mol. The van der Waals surface area contributed by atoms with E-state index in [1.807, 2.05) is 5.32 Å². The van der Waals surface area contributed by atoms with Gasteiger partial charge in [-0.2, -0.15) is 0 Å². The number of carbonyl (C=O) groups is 8. The summed E-state index contributed by atoms with van der Waals surface area (Å²) in [6.07, 6.45) is -5.87. The molecule has 0 radical (unpaired) electrons. The zero-order valence-corrected chi connectivity index (χ0v) is 36.7. The first-order valence-corrected chi connectivity index (χ1v) is 21.0. The van der Waals surface area contributed by atoms with E-state index in [9.17, 15) is 89.1 Å². The lowest BCUT2D eigenvalue weighted by Crippen LogP contribution is -2.61. The summed E-state index contributed by atoms with van der Waals surface area (Å²) >= 11 is 0.552. The zero-order valence-electron chi connectivity index (χ0n) is 35.9. The summed E-state index contributed by atoms with van der Waals surface area (Å²) in [5.41, 5.74) is 4.37. The Hall–Kier alpha value is -5.53. The molecule has 0 aromatic carbocycles. The predicted octanol–water partition coefficient (Wildman–Crippen LogP) is -6.36. The Morgan fingerprint density at radius 3 is 1.60 bits per heavy atom. The molecular weight excluding hydrogens is 893 g/mol. The number of hydrogen-bond acceptors (Lipinski definition) is 19. The van der Waals surface area contributed by atoms with Gasteiger partial charge < -0.3 is 52.5 Å². The fraction of sp³-hybridized carbons (Fsp3) is 0.667. The third kappa shape index (κ3) is 16.1. The SMILES string of the molecule is CC(=O)N(O)CCC[C@H](NC(=O)[C@H](CCCN(O)C(C)=O)NC(=O)[C@@H](N)CCCN(O)C(C)=O)C(=O)N[C@@H](CO)C(=O)N[C@@H](C(=O)O)[C@@H](O)[C@@H]1S[C@@H](n2ccc(=O)n(C)c2=O)[C@@H](O)[C@H]1O. The highest BCUT2D eigenvalue weighted by Crippen LogP contribution is 2.43. The number of nitrogens with zero attached hydrogens (tertiary/aromatic N) is 5. The van der Waals surface area contributed by atoms with E-state index in [1.54, 1.807) is 0 Å². The van der Waals surface area contributed by atoms with Crippen LogP contribution in [-0.2, 0) is 45.4 Å². The maximum Gasteiger partial charge on any atom is 0.331 e. The molecule has 1 aromatic rings. The zero-order chi connectivity index (χ0) is 49.5. The van der Waals surface area contributed by atoms with Crippen LogP contribution in [0.3, 0.4) is 0 Å². The van der Waals surface area contributed by atoms with Crippen LogP contribution in [0, 0.1) is 0 Å². The van der Waals surface area contributed by atoms with Crippen LogP contribution in [-0.4, -0.2) is 193 Å². The van der Waals surface area contributed by atoms with Crippen molar-refractivity contribution in [3.05, 3.63) is 33.1 Å². The fourth-order valence-electron chi connectivity index (χ4n) is 6.23. The summed E-state index contributed by atoms with van der Waals surface area (Å²) in [4.78, 5) is 125. The maximum absolute atomic E-state index is 13.8. The van der Waals surface area contributed by atoms with Crippen LogP contribution in [0.1, 0.15) is 64.7 Å². The first kappa shape index (κ1) is 55.6. The number of aliphatic carboxylic acids is 1. The summed E-state index contributed by atoms with van der Waals surface area (Å²) in [6, 6.07) is -7.79. The van der Waals surface area contributed by atoms with Crippen molar-refractivity contribution in [2.75, 3.05) is 26.2 Å². The second-order valence-electron chi connectivity index (χ2n) is 15.0. The second kappa shape index (κ2) is 25.8. The number of carboxylic acids is 1. The lowest BCUT2D eigenvalue weighted by atomic mass is 10.00. The molecular formula is C36H58N10O18S. The van der Waals surface area contributed by atoms with Gasteiger partial charge in [0.25, 0.3) is 5.56 Å². The molecule has 14 N–H and O–H groups in total. The van der Waals surface area contributed by atoms with Crippen molar-refractivity contribution in [2.45, 2.75) is 118 Å². The Labute approximate surface area is 374 Å². The van der Waals surface area contributed by atoms with E-state index < -0.39 is 124 Å². The molecule has 0 aliphatic carbocycles. The van der Waals surface area contributed by atoms with Gasteiger partial charge in [0.05, 0.1) is 30.1 Å². The van der Waals surface area contributed by atoms with E-state index in [4.69, 9.17) is 5.73 Å². The number of nitrogens with two attached hydrogens (primary N) is 1. The predicted molar refractivity (Wildman–Crippen MR) is 220 cm³/mol. The van der Waals surface area contributed by atoms with Gasteiger partial charge in [0, 0.05) is 59.7 Å². The van der Waals surface area contributed by atoms with Gasteiger partial charge in [-0.25, -0.2) is 24.8 Å². The molecule has 1 aliphatic heterocycles. The molecule has 28 nitrogen and oxygen atoms in total. The summed E-state index contributed by atoms with van der Waals surface area (Å²) in [5, 5.41) is 89.1. The Morgan fingerprint density at radius 2 is 1.15 bits per heavy atom. The molecule has 1 aromatic heterocycles. The molecule has 1 saturated heterocycles. The van der Waals surface area contributed by atoms with Gasteiger partial charge in [-0.1, -0.05) is 0 Å². The maximum atomic E-state index is 13.8. The molecule has 0 spiro atoms. The summed E-state index contributed by atoms with van der Waals surface area (Å²) < 4.78 is 1.57. The number of aromatic nitrogens is 2. The van der Waals surface area contributed by atoms with E-state index in [0.717, 1.165) is 44.6 Å². The number of amides is 7. The average Bonchev–Trinajstić information content (AvgIpc) is 3.54. The molecule has 366 valence electrons. The van der Waals surface area contributed by atoms with Gasteiger partial charge in [-0.05, 0) is 38.5 Å². The second-order valence-corrected chi connectivity index (χ2v) is 16.3. The van der Waals surface area contributed by atoms with Crippen molar-refractivity contribution in [1.82, 2.24) is 45.6 Å². The highest BCUT2D eigenvalue weighted by atomic mass is 32.2. The van der Waals surface area contributed by atoms with E-state index in [2.05, 4.69) is 16.0 Å². The van der Waals surface area contributed by atoms with E-state index in [1.165, 1.54) is 0 Å². The van der Waals surface area contributed by atoms with Crippen LogP contribution in [0.5, 0.6) is 0 Å². The van der Waals surface area contributed by atoms with E-state index in [0.29, 0.717) is 31.5 Å². The van der Waals surface area contributed by atoms with Crippen molar-refractivity contribution >= 4 is 59.1 Å². The lowest BCUT2D eigenvalue weighted by Gasteiger charge is -2.29. The van der Waals surface area contributed by atoms with Gasteiger partial charge in [0.2, 0.25) is 41.4 Å². The first-order valence-electron chi connectivity index (χ1n) is 20.0. The van der Waals surface area contributed by atoms with Crippen LogP contribution in [0.15, 0.2) is 21.9 Å². The Balaban J connectivity index is 2.33. The van der Waals surface area contributed by atoms with Gasteiger partial charge >= 0.3 is 11.7 Å². The summed E-state index contributed by atoms with van der Waals surface area (Å²) in [6.45, 7) is 1.11. The third-order valence-electron chi connectivity index (χ3n) is 10.1. The van der Waals surface area contributed by atoms with Crippen molar-refractivity contribution < 1.29 is 79.5 Å². The standard InChI is InChI=1S/C36H58N10O18S/c1-17(48)44(62)12-5-8-20(37)30(55)38-21(9-6-13-45(63)18(2)49)31(56)39-22(10-7-14-46(64)19(3)50)32(57)40-23(16-47)33(58)41-25(35(59)60)26(52)29-27(53)28(54)34(65-29)43-15-11-24(51)42(4)36(43)61/h11,15,20-23,25-29,34,47,52-54,62-64H,5-10,12-14,16,37H2,1-4H3,(H,38,55)(H,39,56)(H,40,57)(H,41,58)(H,59,60)/t20-,21-,22-,23-,25+,26+,27+,28-,29-,34+/m0/s1. The molecule has 29 heteroatoms. The third-order valence-corrected chi connectivity index (χ3v) is 11.8. The van der Waals surface area contributed by atoms with Gasteiger partial charge in [-0.15, -0.1) is 11.8 Å². The Morgan fingerprint density at radius 1 is 0.723 bits per heavy atom. The lowest BCUT2D eigenvalue weighted by molar-refractivity contribution is -0.163. The Bertz CT molecular complexity index is 1990. The molecule has 1 fully saturated rings.